The molecule has 1 aromatic heterocycles. The van der Waals surface area contributed by atoms with E-state index in [0.29, 0.717) is 21.5 Å². The number of methoxy groups -OCH3 is 1. The van der Waals surface area contributed by atoms with Gasteiger partial charge in [-0.1, -0.05) is 0 Å². The summed E-state index contributed by atoms with van der Waals surface area (Å²) in [5.41, 5.74) is -0.101. The Bertz CT molecular complexity index is 1400. The Balaban J connectivity index is 1.86. The van der Waals surface area contributed by atoms with Crippen LogP contribution in [0.1, 0.15) is 10.4 Å². The van der Waals surface area contributed by atoms with Crippen molar-refractivity contribution < 1.29 is 24.5 Å². The maximum absolute atomic E-state index is 11.4. The van der Waals surface area contributed by atoms with Crippen LogP contribution in [-0.2, 0) is 0 Å². The first-order chi connectivity index (χ1) is 16.8. The second kappa shape index (κ2) is 9.61. The quantitative estimate of drug-likeness (QED) is 0.271. The van der Waals surface area contributed by atoms with Crippen molar-refractivity contribution >= 4 is 29.1 Å². The van der Waals surface area contributed by atoms with Crippen LogP contribution in [0.2, 0.25) is 0 Å². The Morgan fingerprint density at radius 1 is 0.943 bits per heavy atom. The molecule has 0 fully saturated rings. The van der Waals surface area contributed by atoms with E-state index in [1.807, 2.05) is 0 Å². The van der Waals surface area contributed by atoms with Crippen LogP contribution >= 0.6 is 11.8 Å². The molecule has 4 rings (SSSR count). The molecule has 0 radical (unpaired) electrons. The van der Waals surface area contributed by atoms with Crippen LogP contribution in [0.25, 0.3) is 17.1 Å². The zero-order chi connectivity index (χ0) is 25.1. The van der Waals surface area contributed by atoms with Crippen molar-refractivity contribution in [2.24, 2.45) is 0 Å². The molecule has 1 heterocycles. The summed E-state index contributed by atoms with van der Waals surface area (Å²) >= 11 is 1.17. The summed E-state index contributed by atoms with van der Waals surface area (Å²) < 4.78 is 6.79. The van der Waals surface area contributed by atoms with Crippen molar-refractivity contribution in [3.05, 3.63) is 92.5 Å². The summed E-state index contributed by atoms with van der Waals surface area (Å²) in [5, 5.41) is 40.6. The van der Waals surface area contributed by atoms with Gasteiger partial charge in [-0.3, -0.25) is 24.8 Å². The summed E-state index contributed by atoms with van der Waals surface area (Å²) in [5.74, 6) is -0.322. The summed E-state index contributed by atoms with van der Waals surface area (Å²) in [6.07, 6.45) is 0. The largest absolute Gasteiger partial charge is 0.497 e. The van der Waals surface area contributed by atoms with Gasteiger partial charge in [0, 0.05) is 22.6 Å². The Labute approximate surface area is 201 Å². The minimum absolute atomic E-state index is 0.121. The molecule has 0 aliphatic rings. The Hall–Kier alpha value is -4.78. The molecule has 0 amide bonds. The number of carboxylic acids is 1. The highest BCUT2D eigenvalue weighted by Gasteiger charge is 2.23. The third-order valence-corrected chi connectivity index (χ3v) is 5.81. The van der Waals surface area contributed by atoms with Gasteiger partial charge in [-0.25, -0.2) is 4.79 Å². The summed E-state index contributed by atoms with van der Waals surface area (Å²) in [6, 6.07) is 16.2. The topological polar surface area (TPSA) is 164 Å². The normalized spacial score (nSPS) is 10.7. The second-order valence-electron chi connectivity index (χ2n) is 7.02. The molecule has 176 valence electrons. The highest BCUT2D eigenvalue weighted by molar-refractivity contribution is 7.99. The molecule has 0 atom stereocenters. The number of non-ortho nitro benzene ring substituents is 2. The fraction of sp³-hybridized carbons (Fsp3) is 0.0455. The van der Waals surface area contributed by atoms with E-state index in [-0.39, 0.29) is 17.0 Å². The van der Waals surface area contributed by atoms with Crippen molar-refractivity contribution in [3.63, 3.8) is 0 Å². The Morgan fingerprint density at radius 3 is 2.06 bits per heavy atom. The van der Waals surface area contributed by atoms with Crippen molar-refractivity contribution in [3.8, 4) is 22.8 Å². The average molecular weight is 493 g/mol. The molecule has 35 heavy (non-hydrogen) atoms. The number of carboxylic acid groups (broad SMARTS) is 1. The lowest BCUT2D eigenvalue weighted by Crippen LogP contribution is -2.01. The molecule has 0 aliphatic heterocycles. The molecule has 3 aromatic carbocycles. The molecule has 4 aromatic rings. The lowest BCUT2D eigenvalue weighted by Gasteiger charge is -2.11. The van der Waals surface area contributed by atoms with Gasteiger partial charge in [0.1, 0.15) is 5.75 Å². The van der Waals surface area contributed by atoms with Crippen molar-refractivity contribution in [2.75, 3.05) is 7.11 Å². The molecular weight excluding hydrogens is 478 g/mol. The van der Waals surface area contributed by atoms with Crippen molar-refractivity contribution in [1.82, 2.24) is 14.8 Å². The smallest absolute Gasteiger partial charge is 0.335 e. The number of hydrogen-bond acceptors (Lipinski definition) is 9. The molecular formula is C22H15N5O7S. The molecule has 1 N–H and O–H groups in total. The Kier molecular flexibility index (Phi) is 6.42. The van der Waals surface area contributed by atoms with Crippen LogP contribution in [0.15, 0.2) is 76.8 Å². The predicted octanol–water partition coefficient (Wildman–Crippen LogP) is 4.61. The number of nitrogens with zero attached hydrogens (tertiary/aromatic N) is 5. The molecule has 0 saturated heterocycles. The Morgan fingerprint density at radius 2 is 1.54 bits per heavy atom. The predicted molar refractivity (Wildman–Crippen MR) is 124 cm³/mol. The number of nitro groups is 2. The van der Waals surface area contributed by atoms with Gasteiger partial charge in [-0.15, -0.1) is 10.2 Å². The first-order valence-corrected chi connectivity index (χ1v) is 10.6. The zero-order valence-corrected chi connectivity index (χ0v) is 18.7. The summed E-state index contributed by atoms with van der Waals surface area (Å²) in [6.45, 7) is 0. The maximum Gasteiger partial charge on any atom is 0.335 e. The van der Waals surface area contributed by atoms with E-state index >= 15 is 0 Å². The summed E-state index contributed by atoms with van der Waals surface area (Å²) in [7, 11) is 1.52. The van der Waals surface area contributed by atoms with Crippen LogP contribution in [0.4, 0.5) is 11.4 Å². The van der Waals surface area contributed by atoms with Gasteiger partial charge in [0.2, 0.25) is 5.16 Å². The SMILES string of the molecule is COc1ccc(-n2c(Sc3ccc(C(=O)O)cc3)nnc2-c2cc([N+](=O)[O-])cc([N+](=O)[O-])c2)cc1. The van der Waals surface area contributed by atoms with E-state index in [1.165, 1.54) is 43.1 Å². The standard InChI is InChI=1S/C22H15N5O7S/c1-34-18-6-4-15(5-7-18)25-20(14-10-16(26(30)31)12-17(11-14)27(32)33)23-24-22(25)35-19-8-2-13(3-9-19)21(28)29/h2-12H,1H3,(H,28,29). The first kappa shape index (κ1) is 23.4. The zero-order valence-electron chi connectivity index (χ0n) is 17.9. The lowest BCUT2D eigenvalue weighted by molar-refractivity contribution is -0.394. The van der Waals surface area contributed by atoms with E-state index in [2.05, 4.69) is 10.2 Å². The highest BCUT2D eigenvalue weighted by atomic mass is 32.2. The number of aromatic carboxylic acids is 1. The van der Waals surface area contributed by atoms with E-state index in [0.717, 1.165) is 6.07 Å². The van der Waals surface area contributed by atoms with Crippen molar-refractivity contribution in [2.45, 2.75) is 10.1 Å². The summed E-state index contributed by atoms with van der Waals surface area (Å²) in [4.78, 5) is 33.1. The molecule has 0 unspecified atom stereocenters. The van der Waals surface area contributed by atoms with Gasteiger partial charge in [0.15, 0.2) is 5.82 Å². The molecule has 0 spiro atoms. The number of carbonyl (C=O) groups is 1. The molecule has 12 nitrogen and oxygen atoms in total. The fourth-order valence-electron chi connectivity index (χ4n) is 3.19. The van der Waals surface area contributed by atoms with E-state index in [9.17, 15) is 25.0 Å². The average Bonchev–Trinajstić information content (AvgIpc) is 3.27. The number of ether oxygens (including phenoxy) is 1. The van der Waals surface area contributed by atoms with Gasteiger partial charge in [0.25, 0.3) is 11.4 Å². The number of rotatable bonds is 8. The molecule has 0 saturated carbocycles. The van der Waals surface area contributed by atoms with Crippen LogP contribution in [-0.4, -0.2) is 42.8 Å². The first-order valence-electron chi connectivity index (χ1n) is 9.82. The van der Waals surface area contributed by atoms with Crippen LogP contribution in [0.5, 0.6) is 5.75 Å². The van der Waals surface area contributed by atoms with E-state index < -0.39 is 27.2 Å². The molecule has 0 bridgehead atoms. The van der Waals surface area contributed by atoms with Crippen LogP contribution in [0.3, 0.4) is 0 Å². The van der Waals surface area contributed by atoms with Gasteiger partial charge in [-0.05, 0) is 60.3 Å². The maximum atomic E-state index is 11.4. The van der Waals surface area contributed by atoms with Gasteiger partial charge >= 0.3 is 5.97 Å². The van der Waals surface area contributed by atoms with Gasteiger partial charge < -0.3 is 9.84 Å². The third kappa shape index (κ3) is 4.94. The van der Waals surface area contributed by atoms with Crippen molar-refractivity contribution in [1.29, 1.82) is 0 Å². The second-order valence-corrected chi connectivity index (χ2v) is 8.06. The minimum atomic E-state index is -1.06. The highest BCUT2D eigenvalue weighted by Crippen LogP contribution is 2.35. The molecule has 0 aliphatic carbocycles. The van der Waals surface area contributed by atoms with E-state index in [1.54, 1.807) is 41.0 Å². The number of hydrogen-bond donors (Lipinski definition) is 1. The lowest BCUT2D eigenvalue weighted by atomic mass is 10.1. The monoisotopic (exact) mass is 493 g/mol. The van der Waals surface area contributed by atoms with Crippen LogP contribution < -0.4 is 4.74 Å². The number of benzene rings is 3. The van der Waals surface area contributed by atoms with Gasteiger partial charge in [-0.2, -0.15) is 0 Å². The number of nitro benzene ring substituents is 2. The molecule has 13 heteroatoms. The third-order valence-electron chi connectivity index (χ3n) is 4.86. The fourth-order valence-corrected chi connectivity index (χ4v) is 4.04. The van der Waals surface area contributed by atoms with Gasteiger partial charge in [0.05, 0.1) is 34.3 Å². The van der Waals surface area contributed by atoms with Crippen LogP contribution in [0, 0.1) is 20.2 Å². The van der Waals surface area contributed by atoms with E-state index in [4.69, 9.17) is 9.84 Å². The number of aromatic nitrogens is 3. The minimum Gasteiger partial charge on any atom is -0.497 e.